The third kappa shape index (κ3) is 7.23. The van der Waals surface area contributed by atoms with E-state index in [1.54, 1.807) is 48.5 Å². The van der Waals surface area contributed by atoms with Crippen molar-refractivity contribution in [2.24, 2.45) is 0 Å². The first-order valence-electron chi connectivity index (χ1n) is 9.30. The number of amides is 3. The standard InChI is InChI=1S/C22H27N3O3/c1-22(2,3)25-21(28)17-11-13-18(14-12-17)24-19(26)10-7-15-23-20(27)16-8-5-4-6-9-16/h4-6,8-9,11-14H,7,10,15H2,1-3H3,(H,23,27)(H,24,26)(H,25,28). The number of carbonyl (C=O) groups is 3. The molecule has 0 bridgehead atoms. The van der Waals surface area contributed by atoms with Crippen LogP contribution in [0.5, 0.6) is 0 Å². The summed E-state index contributed by atoms with van der Waals surface area (Å²) in [5, 5.41) is 8.48. The lowest BCUT2D eigenvalue weighted by Crippen LogP contribution is -2.40. The van der Waals surface area contributed by atoms with E-state index in [0.29, 0.717) is 36.2 Å². The maximum atomic E-state index is 12.1. The number of hydrogen-bond donors (Lipinski definition) is 3. The molecular formula is C22H27N3O3. The highest BCUT2D eigenvalue weighted by atomic mass is 16.2. The number of anilines is 1. The molecule has 3 amide bonds. The molecule has 6 nitrogen and oxygen atoms in total. The van der Waals surface area contributed by atoms with Crippen LogP contribution in [0.1, 0.15) is 54.3 Å². The van der Waals surface area contributed by atoms with Crippen molar-refractivity contribution in [2.75, 3.05) is 11.9 Å². The van der Waals surface area contributed by atoms with Crippen molar-refractivity contribution >= 4 is 23.4 Å². The Balaban J connectivity index is 1.73. The third-order valence-electron chi connectivity index (χ3n) is 3.82. The normalized spacial score (nSPS) is 10.8. The Bertz CT molecular complexity index is 809. The highest BCUT2D eigenvalue weighted by Gasteiger charge is 2.15. The molecule has 0 aromatic heterocycles. The number of carbonyl (C=O) groups excluding carboxylic acids is 3. The first kappa shape index (κ1) is 21.2. The fourth-order valence-corrected chi connectivity index (χ4v) is 2.48. The molecule has 0 fully saturated rings. The molecule has 28 heavy (non-hydrogen) atoms. The second kappa shape index (κ2) is 9.69. The fraction of sp³-hybridized carbons (Fsp3) is 0.318. The van der Waals surface area contributed by atoms with Crippen LogP contribution in [0.2, 0.25) is 0 Å². The van der Waals surface area contributed by atoms with Crippen LogP contribution in [0.4, 0.5) is 5.69 Å². The summed E-state index contributed by atoms with van der Waals surface area (Å²) in [6.07, 6.45) is 0.831. The summed E-state index contributed by atoms with van der Waals surface area (Å²) < 4.78 is 0. The Morgan fingerprint density at radius 1 is 0.821 bits per heavy atom. The lowest BCUT2D eigenvalue weighted by atomic mass is 10.1. The van der Waals surface area contributed by atoms with E-state index in [0.717, 1.165) is 0 Å². The van der Waals surface area contributed by atoms with E-state index in [4.69, 9.17) is 0 Å². The Kier molecular flexibility index (Phi) is 7.32. The second-order valence-electron chi connectivity index (χ2n) is 7.56. The van der Waals surface area contributed by atoms with Gasteiger partial charge in [-0.15, -0.1) is 0 Å². The molecule has 3 N–H and O–H groups in total. The minimum absolute atomic E-state index is 0.138. The first-order chi connectivity index (χ1) is 13.2. The van der Waals surface area contributed by atoms with E-state index in [-0.39, 0.29) is 23.3 Å². The Morgan fingerprint density at radius 2 is 1.43 bits per heavy atom. The monoisotopic (exact) mass is 381 g/mol. The van der Waals surface area contributed by atoms with Gasteiger partial charge in [-0.05, 0) is 63.6 Å². The molecule has 0 radical (unpaired) electrons. The van der Waals surface area contributed by atoms with Crippen molar-refractivity contribution in [1.29, 1.82) is 0 Å². The van der Waals surface area contributed by atoms with Gasteiger partial charge in [0.15, 0.2) is 0 Å². The van der Waals surface area contributed by atoms with Gasteiger partial charge >= 0.3 is 0 Å². The van der Waals surface area contributed by atoms with Crippen molar-refractivity contribution in [3.05, 3.63) is 65.7 Å². The average molecular weight is 381 g/mol. The molecule has 0 spiro atoms. The van der Waals surface area contributed by atoms with Crippen molar-refractivity contribution < 1.29 is 14.4 Å². The molecule has 0 aliphatic heterocycles. The van der Waals surface area contributed by atoms with Crippen LogP contribution in [0.15, 0.2) is 54.6 Å². The molecule has 0 unspecified atom stereocenters. The summed E-state index contributed by atoms with van der Waals surface area (Å²) in [7, 11) is 0. The van der Waals surface area contributed by atoms with Gasteiger partial charge in [0.05, 0.1) is 0 Å². The summed E-state index contributed by atoms with van der Waals surface area (Å²) >= 11 is 0. The molecule has 0 aliphatic rings. The molecule has 0 heterocycles. The van der Waals surface area contributed by atoms with E-state index in [2.05, 4.69) is 16.0 Å². The van der Waals surface area contributed by atoms with Crippen molar-refractivity contribution in [2.45, 2.75) is 39.2 Å². The zero-order chi connectivity index (χ0) is 20.6. The topological polar surface area (TPSA) is 87.3 Å². The molecule has 0 saturated carbocycles. The van der Waals surface area contributed by atoms with Gasteiger partial charge in [-0.25, -0.2) is 0 Å². The second-order valence-corrected chi connectivity index (χ2v) is 7.56. The third-order valence-corrected chi connectivity index (χ3v) is 3.82. The number of nitrogens with one attached hydrogen (secondary N) is 3. The van der Waals surface area contributed by atoms with E-state index < -0.39 is 0 Å². The summed E-state index contributed by atoms with van der Waals surface area (Å²) in [6, 6.07) is 15.7. The minimum atomic E-state index is -0.306. The quantitative estimate of drug-likeness (QED) is 0.643. The molecule has 2 aromatic carbocycles. The van der Waals surface area contributed by atoms with Crippen molar-refractivity contribution in [1.82, 2.24) is 10.6 Å². The van der Waals surface area contributed by atoms with Gasteiger partial charge in [0.25, 0.3) is 11.8 Å². The lowest BCUT2D eigenvalue weighted by molar-refractivity contribution is -0.116. The van der Waals surface area contributed by atoms with Gasteiger partial charge in [-0.1, -0.05) is 18.2 Å². The number of rotatable bonds is 7. The molecule has 2 aromatic rings. The van der Waals surface area contributed by atoms with Crippen LogP contribution >= 0.6 is 0 Å². The Hall–Kier alpha value is -3.15. The van der Waals surface area contributed by atoms with Gasteiger partial charge in [0, 0.05) is 35.3 Å². The molecule has 148 valence electrons. The fourth-order valence-electron chi connectivity index (χ4n) is 2.48. The van der Waals surface area contributed by atoms with Crippen LogP contribution in [-0.2, 0) is 4.79 Å². The molecule has 2 rings (SSSR count). The molecule has 0 atom stereocenters. The van der Waals surface area contributed by atoms with E-state index >= 15 is 0 Å². The highest BCUT2D eigenvalue weighted by molar-refractivity contribution is 5.96. The largest absolute Gasteiger partial charge is 0.352 e. The maximum absolute atomic E-state index is 12.1. The highest BCUT2D eigenvalue weighted by Crippen LogP contribution is 2.11. The average Bonchev–Trinajstić information content (AvgIpc) is 2.65. The molecular weight excluding hydrogens is 354 g/mol. The summed E-state index contributed by atoms with van der Waals surface area (Å²) in [6.45, 7) is 6.18. The number of hydrogen-bond acceptors (Lipinski definition) is 3. The van der Waals surface area contributed by atoms with Crippen LogP contribution in [0.25, 0.3) is 0 Å². The maximum Gasteiger partial charge on any atom is 0.251 e. The zero-order valence-corrected chi connectivity index (χ0v) is 16.5. The van der Waals surface area contributed by atoms with Gasteiger partial charge in [-0.2, -0.15) is 0 Å². The first-order valence-corrected chi connectivity index (χ1v) is 9.30. The minimum Gasteiger partial charge on any atom is -0.352 e. The van der Waals surface area contributed by atoms with Crippen molar-refractivity contribution in [3.8, 4) is 0 Å². The SMILES string of the molecule is CC(C)(C)NC(=O)c1ccc(NC(=O)CCCNC(=O)c2ccccc2)cc1. The predicted octanol–water partition coefficient (Wildman–Crippen LogP) is 3.36. The van der Waals surface area contributed by atoms with Crippen LogP contribution in [0, 0.1) is 0 Å². The predicted molar refractivity (Wildman–Crippen MR) is 110 cm³/mol. The van der Waals surface area contributed by atoms with E-state index in [1.807, 2.05) is 26.8 Å². The molecule has 0 aliphatic carbocycles. The lowest BCUT2D eigenvalue weighted by Gasteiger charge is -2.20. The molecule has 6 heteroatoms. The summed E-state index contributed by atoms with van der Waals surface area (Å²) in [5.74, 6) is -0.439. The van der Waals surface area contributed by atoms with E-state index in [9.17, 15) is 14.4 Å². The van der Waals surface area contributed by atoms with Gasteiger partial charge in [-0.3, -0.25) is 14.4 Å². The Morgan fingerprint density at radius 3 is 2.04 bits per heavy atom. The zero-order valence-electron chi connectivity index (χ0n) is 16.5. The smallest absolute Gasteiger partial charge is 0.251 e. The Labute approximate surface area is 165 Å². The van der Waals surface area contributed by atoms with Crippen LogP contribution in [0.3, 0.4) is 0 Å². The van der Waals surface area contributed by atoms with Crippen LogP contribution < -0.4 is 16.0 Å². The summed E-state index contributed by atoms with van der Waals surface area (Å²) in [4.78, 5) is 36.0. The van der Waals surface area contributed by atoms with Gasteiger partial charge in [0.2, 0.25) is 5.91 Å². The van der Waals surface area contributed by atoms with E-state index in [1.165, 1.54) is 0 Å². The van der Waals surface area contributed by atoms with Gasteiger partial charge < -0.3 is 16.0 Å². The van der Waals surface area contributed by atoms with Crippen LogP contribution in [-0.4, -0.2) is 29.8 Å². The summed E-state index contributed by atoms with van der Waals surface area (Å²) in [5.41, 5.74) is 1.46. The van der Waals surface area contributed by atoms with Crippen molar-refractivity contribution in [3.63, 3.8) is 0 Å². The molecule has 0 saturated heterocycles. The number of benzene rings is 2. The van der Waals surface area contributed by atoms with Gasteiger partial charge in [0.1, 0.15) is 0 Å².